The van der Waals surface area contributed by atoms with Gasteiger partial charge in [-0.1, -0.05) is 94.8 Å². The van der Waals surface area contributed by atoms with E-state index in [0.29, 0.717) is 0 Å². The summed E-state index contributed by atoms with van der Waals surface area (Å²) >= 11 is 1.90. The van der Waals surface area contributed by atoms with E-state index in [-0.39, 0.29) is 0 Å². The molecular weight excluding hydrogens is 430 g/mol. The summed E-state index contributed by atoms with van der Waals surface area (Å²) in [6, 6.07) is 20.7. The number of benzene rings is 3. The van der Waals surface area contributed by atoms with Crippen LogP contribution in [0, 0.1) is 0 Å². The van der Waals surface area contributed by atoms with Gasteiger partial charge in [-0.15, -0.1) is 11.3 Å². The number of hydrogen-bond donors (Lipinski definition) is 0. The van der Waals surface area contributed by atoms with E-state index < -0.39 is 0 Å². The second-order valence-electron chi connectivity index (χ2n) is 9.90. The van der Waals surface area contributed by atoms with Gasteiger partial charge in [0, 0.05) is 5.56 Å². The summed E-state index contributed by atoms with van der Waals surface area (Å²) in [6.07, 6.45) is 13.8. The highest BCUT2D eigenvalue weighted by molar-refractivity contribution is 7.21. The smallest absolute Gasteiger partial charge is 0.125 e. The van der Waals surface area contributed by atoms with Gasteiger partial charge in [0.1, 0.15) is 5.01 Å². The average Bonchev–Trinajstić information content (AvgIpc) is 3.45. The van der Waals surface area contributed by atoms with Crippen LogP contribution in [0.3, 0.4) is 0 Å². The molecule has 0 atom stereocenters. The average molecular weight is 468 g/mol. The Hall–Kier alpha value is -2.45. The highest BCUT2D eigenvalue weighted by atomic mass is 32.1. The van der Waals surface area contributed by atoms with Gasteiger partial charge in [-0.05, 0) is 77.6 Å². The molecule has 0 unspecified atom stereocenters. The van der Waals surface area contributed by atoms with E-state index in [2.05, 4.69) is 68.4 Å². The van der Waals surface area contributed by atoms with E-state index >= 15 is 0 Å². The summed E-state index contributed by atoms with van der Waals surface area (Å²) in [7, 11) is 0. The molecule has 0 amide bonds. The largest absolute Gasteiger partial charge is 0.236 e. The molecule has 0 N–H and O–H groups in total. The SMILES string of the molecule is CCCCCCc1ccc2nc(-c3c(CCCCCC)ccc4c3Cc3ccccc3-4)sc2c1. The molecule has 0 radical (unpaired) electrons. The highest BCUT2D eigenvalue weighted by Crippen LogP contribution is 2.45. The summed E-state index contributed by atoms with van der Waals surface area (Å²) in [5.74, 6) is 0. The molecule has 2 heteroatoms. The summed E-state index contributed by atoms with van der Waals surface area (Å²) in [6.45, 7) is 4.57. The number of fused-ring (bicyclic) bond motifs is 4. The van der Waals surface area contributed by atoms with Crippen molar-refractivity contribution in [1.29, 1.82) is 0 Å². The van der Waals surface area contributed by atoms with Crippen LogP contribution in [0.2, 0.25) is 0 Å². The molecule has 0 saturated heterocycles. The van der Waals surface area contributed by atoms with Gasteiger partial charge in [0.05, 0.1) is 10.2 Å². The van der Waals surface area contributed by atoms with Crippen molar-refractivity contribution in [3.05, 3.63) is 76.9 Å². The first-order valence-electron chi connectivity index (χ1n) is 13.4. The molecule has 4 aromatic rings. The molecule has 0 fully saturated rings. The molecule has 176 valence electrons. The number of rotatable bonds is 11. The van der Waals surface area contributed by atoms with E-state index in [9.17, 15) is 0 Å². The Morgan fingerprint density at radius 1 is 0.765 bits per heavy atom. The molecule has 1 aromatic heterocycles. The molecular formula is C32H37NS. The Morgan fingerprint density at radius 2 is 1.56 bits per heavy atom. The molecule has 34 heavy (non-hydrogen) atoms. The molecule has 3 aromatic carbocycles. The predicted molar refractivity (Wildman–Crippen MR) is 149 cm³/mol. The van der Waals surface area contributed by atoms with Gasteiger partial charge in [0.2, 0.25) is 0 Å². The molecule has 5 rings (SSSR count). The second kappa shape index (κ2) is 10.9. The van der Waals surface area contributed by atoms with Crippen molar-refractivity contribution in [3.8, 4) is 21.7 Å². The van der Waals surface area contributed by atoms with E-state index in [4.69, 9.17) is 4.98 Å². The first-order valence-corrected chi connectivity index (χ1v) is 14.2. The summed E-state index contributed by atoms with van der Waals surface area (Å²) in [4.78, 5) is 5.20. The third-order valence-corrected chi connectivity index (χ3v) is 8.40. The summed E-state index contributed by atoms with van der Waals surface area (Å²) in [5.41, 5.74) is 11.3. The zero-order chi connectivity index (χ0) is 23.3. The normalized spacial score (nSPS) is 12.3. The number of thiazole rings is 1. The van der Waals surface area contributed by atoms with Gasteiger partial charge in [-0.3, -0.25) is 0 Å². The van der Waals surface area contributed by atoms with Crippen molar-refractivity contribution in [2.24, 2.45) is 0 Å². The third kappa shape index (κ3) is 4.84. The minimum atomic E-state index is 1.03. The fourth-order valence-electron chi connectivity index (χ4n) is 5.46. The Kier molecular flexibility index (Phi) is 7.45. The standard InChI is InChI=1S/C32H37NS/c1-3-5-7-9-13-23-17-20-29-30(21-23)34-32(33-29)31-24(14-10-8-6-4-2)18-19-27-26-16-12-11-15-25(26)22-28(27)31/h11-12,15-21H,3-10,13-14,22H2,1-2H3. The van der Waals surface area contributed by atoms with Gasteiger partial charge in [0.25, 0.3) is 0 Å². The topological polar surface area (TPSA) is 12.9 Å². The maximum absolute atomic E-state index is 5.20. The first kappa shape index (κ1) is 23.3. The van der Waals surface area contributed by atoms with E-state index in [1.165, 1.54) is 106 Å². The van der Waals surface area contributed by atoms with Crippen LogP contribution in [0.5, 0.6) is 0 Å². The van der Waals surface area contributed by atoms with Crippen LogP contribution in [-0.2, 0) is 19.3 Å². The Balaban J connectivity index is 1.50. The van der Waals surface area contributed by atoms with Gasteiger partial charge < -0.3 is 0 Å². The number of nitrogens with zero attached hydrogens (tertiary/aromatic N) is 1. The lowest BCUT2D eigenvalue weighted by atomic mass is 9.93. The molecule has 1 nitrogen and oxygen atoms in total. The van der Waals surface area contributed by atoms with Crippen molar-refractivity contribution in [2.75, 3.05) is 0 Å². The molecule has 0 bridgehead atoms. The van der Waals surface area contributed by atoms with Crippen LogP contribution in [-0.4, -0.2) is 4.98 Å². The molecule has 0 aliphatic heterocycles. The minimum Gasteiger partial charge on any atom is -0.236 e. The van der Waals surface area contributed by atoms with Gasteiger partial charge in [0.15, 0.2) is 0 Å². The zero-order valence-electron chi connectivity index (χ0n) is 20.8. The number of unbranched alkanes of at least 4 members (excludes halogenated alkanes) is 6. The minimum absolute atomic E-state index is 1.03. The maximum Gasteiger partial charge on any atom is 0.125 e. The van der Waals surface area contributed by atoms with Crippen molar-refractivity contribution < 1.29 is 0 Å². The first-order chi connectivity index (χ1) is 16.8. The van der Waals surface area contributed by atoms with Crippen LogP contribution in [0.4, 0.5) is 0 Å². The van der Waals surface area contributed by atoms with Crippen LogP contribution < -0.4 is 0 Å². The van der Waals surface area contributed by atoms with Crippen molar-refractivity contribution in [1.82, 2.24) is 4.98 Å². The zero-order valence-corrected chi connectivity index (χ0v) is 21.6. The molecule has 1 heterocycles. The fourth-order valence-corrected chi connectivity index (χ4v) is 6.60. The molecule has 0 spiro atoms. The van der Waals surface area contributed by atoms with Crippen molar-refractivity contribution in [3.63, 3.8) is 0 Å². The third-order valence-electron chi connectivity index (χ3n) is 7.36. The Bertz CT molecular complexity index is 1270. The predicted octanol–water partition coefficient (Wildman–Crippen LogP) is 9.78. The van der Waals surface area contributed by atoms with E-state index in [1.807, 2.05) is 11.3 Å². The lowest BCUT2D eigenvalue weighted by Crippen LogP contribution is -1.96. The second-order valence-corrected chi connectivity index (χ2v) is 10.9. The Morgan fingerprint density at radius 3 is 2.38 bits per heavy atom. The van der Waals surface area contributed by atoms with Gasteiger partial charge >= 0.3 is 0 Å². The van der Waals surface area contributed by atoms with Crippen LogP contribution in [0.25, 0.3) is 31.9 Å². The highest BCUT2D eigenvalue weighted by Gasteiger charge is 2.25. The van der Waals surface area contributed by atoms with Crippen LogP contribution in [0.15, 0.2) is 54.6 Å². The quantitative estimate of drug-likeness (QED) is 0.176. The lowest BCUT2D eigenvalue weighted by molar-refractivity contribution is 0.667. The maximum atomic E-state index is 5.20. The molecule has 1 aliphatic rings. The molecule has 1 aliphatic carbocycles. The summed E-state index contributed by atoms with van der Waals surface area (Å²) in [5, 5.41) is 1.22. The number of hydrogen-bond acceptors (Lipinski definition) is 2. The lowest BCUT2D eigenvalue weighted by Gasteiger charge is -2.13. The van der Waals surface area contributed by atoms with Crippen molar-refractivity contribution >= 4 is 21.6 Å². The fraction of sp³-hybridized carbons (Fsp3) is 0.406. The number of aromatic nitrogens is 1. The van der Waals surface area contributed by atoms with Crippen LogP contribution >= 0.6 is 11.3 Å². The van der Waals surface area contributed by atoms with E-state index in [1.54, 1.807) is 0 Å². The summed E-state index contributed by atoms with van der Waals surface area (Å²) < 4.78 is 1.34. The van der Waals surface area contributed by atoms with Crippen molar-refractivity contribution in [2.45, 2.75) is 84.5 Å². The van der Waals surface area contributed by atoms with Gasteiger partial charge in [-0.2, -0.15) is 0 Å². The number of aryl methyl sites for hydroxylation is 2. The molecule has 0 saturated carbocycles. The monoisotopic (exact) mass is 467 g/mol. The Labute approximate surface area is 209 Å². The van der Waals surface area contributed by atoms with Gasteiger partial charge in [-0.25, -0.2) is 4.98 Å². The van der Waals surface area contributed by atoms with Crippen LogP contribution in [0.1, 0.15) is 87.5 Å². The van der Waals surface area contributed by atoms with E-state index in [0.717, 1.165) is 18.4 Å².